The van der Waals surface area contributed by atoms with Gasteiger partial charge in [0.25, 0.3) is 0 Å². The second kappa shape index (κ2) is 5.26. The molecule has 72 valence electrons. The van der Waals surface area contributed by atoms with Crippen molar-refractivity contribution in [3.8, 4) is 0 Å². The summed E-state index contributed by atoms with van der Waals surface area (Å²) in [7, 11) is 0. The van der Waals surface area contributed by atoms with E-state index in [1.165, 1.54) is 0 Å². The molecule has 0 saturated heterocycles. The van der Waals surface area contributed by atoms with Crippen molar-refractivity contribution in [2.45, 2.75) is 13.5 Å². The molecule has 0 spiro atoms. The van der Waals surface area contributed by atoms with Gasteiger partial charge in [-0.05, 0) is 25.2 Å². The van der Waals surface area contributed by atoms with Gasteiger partial charge in [0.15, 0.2) is 4.77 Å². The summed E-state index contributed by atoms with van der Waals surface area (Å²) in [4.78, 5) is 2.90. The Hall–Kier alpha value is -0.520. The van der Waals surface area contributed by atoms with Gasteiger partial charge in [-0.1, -0.05) is 12.2 Å². The average Bonchev–Trinajstić information content (AvgIpc) is 2.09. The Morgan fingerprint density at radius 3 is 2.92 bits per heavy atom. The number of nitrogens with zero attached hydrogens (tertiary/aromatic N) is 1. The minimum atomic E-state index is 0.646. The smallest absolute Gasteiger partial charge is 0.178 e. The molecule has 0 amide bonds. The Bertz CT molecular complexity index is 369. The Labute approximate surface area is 87.4 Å². The molecule has 0 radical (unpaired) electrons. The summed E-state index contributed by atoms with van der Waals surface area (Å²) in [6, 6.07) is 1.82. The van der Waals surface area contributed by atoms with E-state index in [4.69, 9.17) is 29.2 Å². The SMILES string of the molecule is CCOCCn1ccc(=S)[nH]c1=S. The fourth-order valence-corrected chi connectivity index (χ4v) is 1.41. The van der Waals surface area contributed by atoms with E-state index >= 15 is 0 Å². The van der Waals surface area contributed by atoms with Crippen LogP contribution in [0, 0.1) is 9.41 Å². The molecule has 1 rings (SSSR count). The van der Waals surface area contributed by atoms with Crippen LogP contribution in [0.4, 0.5) is 0 Å². The fourth-order valence-electron chi connectivity index (χ4n) is 0.928. The summed E-state index contributed by atoms with van der Waals surface area (Å²) in [6.45, 7) is 4.14. The second-order valence-electron chi connectivity index (χ2n) is 2.50. The van der Waals surface area contributed by atoms with Gasteiger partial charge in [-0.15, -0.1) is 0 Å². The van der Waals surface area contributed by atoms with Gasteiger partial charge in [-0.3, -0.25) is 0 Å². The molecule has 1 heterocycles. The van der Waals surface area contributed by atoms with Gasteiger partial charge in [0.1, 0.15) is 4.64 Å². The van der Waals surface area contributed by atoms with Crippen molar-refractivity contribution in [1.82, 2.24) is 9.55 Å². The first-order chi connectivity index (χ1) is 6.24. The van der Waals surface area contributed by atoms with Gasteiger partial charge in [-0.2, -0.15) is 0 Å². The number of hydrogen-bond donors (Lipinski definition) is 1. The van der Waals surface area contributed by atoms with E-state index < -0.39 is 0 Å². The Balaban J connectivity index is 2.67. The van der Waals surface area contributed by atoms with Crippen LogP contribution in [0.1, 0.15) is 6.92 Å². The van der Waals surface area contributed by atoms with Crippen molar-refractivity contribution in [3.05, 3.63) is 21.7 Å². The third-order valence-corrected chi connectivity index (χ3v) is 2.15. The molecular formula is C8H12N2OS2. The maximum atomic E-state index is 5.22. The van der Waals surface area contributed by atoms with E-state index in [2.05, 4.69) is 4.98 Å². The molecule has 0 unspecified atom stereocenters. The first-order valence-electron chi connectivity index (χ1n) is 4.11. The zero-order valence-electron chi connectivity index (χ0n) is 7.45. The van der Waals surface area contributed by atoms with Gasteiger partial charge < -0.3 is 14.3 Å². The highest BCUT2D eigenvalue weighted by Crippen LogP contribution is 1.92. The van der Waals surface area contributed by atoms with Crippen LogP contribution in [0.15, 0.2) is 12.3 Å². The standard InChI is InChI=1S/C8H12N2OS2/c1-2-11-6-5-10-4-3-7(12)9-8(10)13/h3-4H,2,5-6H2,1H3,(H,9,12,13). The van der Waals surface area contributed by atoms with Crippen molar-refractivity contribution in [3.63, 3.8) is 0 Å². The molecule has 3 nitrogen and oxygen atoms in total. The largest absolute Gasteiger partial charge is 0.380 e. The number of H-pyrrole nitrogens is 1. The van der Waals surface area contributed by atoms with E-state index in [1.54, 1.807) is 0 Å². The average molecular weight is 216 g/mol. The molecular weight excluding hydrogens is 204 g/mol. The maximum Gasteiger partial charge on any atom is 0.178 e. The number of ether oxygens (including phenoxy) is 1. The van der Waals surface area contributed by atoms with E-state index in [-0.39, 0.29) is 0 Å². The number of nitrogens with one attached hydrogen (secondary N) is 1. The van der Waals surface area contributed by atoms with Gasteiger partial charge in [-0.25, -0.2) is 0 Å². The van der Waals surface area contributed by atoms with Crippen LogP contribution < -0.4 is 0 Å². The lowest BCUT2D eigenvalue weighted by molar-refractivity contribution is 0.138. The maximum absolute atomic E-state index is 5.22. The van der Waals surface area contributed by atoms with Crippen LogP contribution in [0.25, 0.3) is 0 Å². The molecule has 13 heavy (non-hydrogen) atoms. The van der Waals surface area contributed by atoms with Crippen LogP contribution in [0.2, 0.25) is 0 Å². The molecule has 1 aromatic heterocycles. The third kappa shape index (κ3) is 3.38. The summed E-state index contributed by atoms with van der Waals surface area (Å²) < 4.78 is 8.43. The van der Waals surface area contributed by atoms with Crippen LogP contribution in [0.5, 0.6) is 0 Å². The Morgan fingerprint density at radius 2 is 2.31 bits per heavy atom. The molecule has 0 saturated carbocycles. The first kappa shape index (κ1) is 10.6. The molecule has 1 aromatic rings. The highest BCUT2D eigenvalue weighted by molar-refractivity contribution is 7.72. The zero-order chi connectivity index (χ0) is 9.68. The fraction of sp³-hybridized carbons (Fsp3) is 0.500. The van der Waals surface area contributed by atoms with E-state index in [0.717, 1.165) is 13.2 Å². The molecule has 0 aromatic carbocycles. The summed E-state index contributed by atoms with van der Waals surface area (Å²) >= 11 is 10.0. The summed E-state index contributed by atoms with van der Waals surface area (Å²) in [5.74, 6) is 0. The third-order valence-electron chi connectivity index (χ3n) is 1.58. The van der Waals surface area contributed by atoms with E-state index in [1.807, 2.05) is 23.8 Å². The van der Waals surface area contributed by atoms with Crippen molar-refractivity contribution in [2.75, 3.05) is 13.2 Å². The lowest BCUT2D eigenvalue weighted by Gasteiger charge is -2.05. The number of aromatic nitrogens is 2. The van der Waals surface area contributed by atoms with E-state index in [0.29, 0.717) is 16.0 Å². The minimum Gasteiger partial charge on any atom is -0.380 e. The van der Waals surface area contributed by atoms with Crippen molar-refractivity contribution in [2.24, 2.45) is 0 Å². The highest BCUT2D eigenvalue weighted by atomic mass is 32.1. The molecule has 5 heteroatoms. The summed E-state index contributed by atoms with van der Waals surface area (Å²) in [6.07, 6.45) is 1.88. The Kier molecular flexibility index (Phi) is 4.27. The van der Waals surface area contributed by atoms with Crippen LogP contribution in [0.3, 0.4) is 0 Å². The van der Waals surface area contributed by atoms with E-state index in [9.17, 15) is 0 Å². The second-order valence-corrected chi connectivity index (χ2v) is 3.33. The molecule has 0 aliphatic rings. The van der Waals surface area contributed by atoms with Gasteiger partial charge >= 0.3 is 0 Å². The monoisotopic (exact) mass is 216 g/mol. The van der Waals surface area contributed by atoms with Crippen molar-refractivity contribution in [1.29, 1.82) is 0 Å². The molecule has 0 bridgehead atoms. The molecule has 0 atom stereocenters. The number of rotatable bonds is 4. The lowest BCUT2D eigenvalue weighted by atomic mass is 10.6. The molecule has 1 N–H and O–H groups in total. The topological polar surface area (TPSA) is 29.9 Å². The summed E-state index contributed by atoms with van der Waals surface area (Å²) in [5.41, 5.74) is 0. The van der Waals surface area contributed by atoms with Crippen LogP contribution >= 0.6 is 24.4 Å². The predicted octanol–water partition coefficient (Wildman–Crippen LogP) is 2.31. The van der Waals surface area contributed by atoms with Gasteiger partial charge in [0, 0.05) is 19.3 Å². The molecule has 0 aliphatic heterocycles. The van der Waals surface area contributed by atoms with Crippen LogP contribution in [-0.2, 0) is 11.3 Å². The quantitative estimate of drug-likeness (QED) is 0.619. The number of hydrogen-bond acceptors (Lipinski definition) is 3. The molecule has 0 aliphatic carbocycles. The van der Waals surface area contributed by atoms with Crippen molar-refractivity contribution >= 4 is 24.4 Å². The predicted molar refractivity (Wildman–Crippen MR) is 56.9 cm³/mol. The minimum absolute atomic E-state index is 0.646. The molecule has 0 fully saturated rings. The zero-order valence-corrected chi connectivity index (χ0v) is 9.08. The first-order valence-corrected chi connectivity index (χ1v) is 4.93. The van der Waals surface area contributed by atoms with Crippen molar-refractivity contribution < 1.29 is 4.74 Å². The lowest BCUT2D eigenvalue weighted by Crippen LogP contribution is -2.07. The summed E-state index contributed by atoms with van der Waals surface area (Å²) in [5, 5.41) is 0. The van der Waals surface area contributed by atoms with Gasteiger partial charge in [0.05, 0.1) is 6.61 Å². The highest BCUT2D eigenvalue weighted by Gasteiger charge is 1.91. The normalized spacial score (nSPS) is 10.2. The van der Waals surface area contributed by atoms with Crippen LogP contribution in [-0.4, -0.2) is 22.8 Å². The Morgan fingerprint density at radius 1 is 1.54 bits per heavy atom. The number of aromatic amines is 1. The van der Waals surface area contributed by atoms with Gasteiger partial charge in [0.2, 0.25) is 0 Å².